The zero-order valence-corrected chi connectivity index (χ0v) is 18.6. The Morgan fingerprint density at radius 1 is 1.23 bits per heavy atom. The number of nitrogens with one attached hydrogen (secondary N) is 1. The average Bonchev–Trinajstić information content (AvgIpc) is 2.70. The SMILES string of the molecule is CCN(C)[C@H]1CCCC[C@@H]1Nc1cc(F)c(S(=O)(=O)Cc2cccc(F)n2)cc1Cl. The molecule has 3 rings (SSSR count). The van der Waals surface area contributed by atoms with E-state index in [9.17, 15) is 17.2 Å². The van der Waals surface area contributed by atoms with E-state index in [-0.39, 0.29) is 16.8 Å². The van der Waals surface area contributed by atoms with E-state index >= 15 is 0 Å². The quantitative estimate of drug-likeness (QED) is 0.612. The van der Waals surface area contributed by atoms with Crippen molar-refractivity contribution in [2.75, 3.05) is 18.9 Å². The third-order valence-corrected chi connectivity index (χ3v) is 7.57. The van der Waals surface area contributed by atoms with Gasteiger partial charge in [0.05, 0.1) is 22.2 Å². The van der Waals surface area contributed by atoms with Crippen molar-refractivity contribution >= 4 is 27.1 Å². The van der Waals surface area contributed by atoms with Gasteiger partial charge >= 0.3 is 0 Å². The van der Waals surface area contributed by atoms with Crippen molar-refractivity contribution in [1.29, 1.82) is 0 Å². The molecule has 2 aromatic rings. The molecule has 1 aliphatic carbocycles. The molecule has 1 aromatic heterocycles. The third-order valence-electron chi connectivity index (χ3n) is 5.60. The van der Waals surface area contributed by atoms with E-state index in [1.165, 1.54) is 12.1 Å². The van der Waals surface area contributed by atoms with Crippen LogP contribution in [0.25, 0.3) is 0 Å². The van der Waals surface area contributed by atoms with Gasteiger partial charge in [-0.1, -0.05) is 37.4 Å². The molecular weight excluding hydrogens is 432 g/mol. The standard InChI is InChI=1S/C21H26ClF2N3O2S/c1-3-27(2)19-9-5-4-8-17(19)26-18-12-16(23)20(11-15(18)22)30(28,29)13-14-7-6-10-21(24)25-14/h6-7,10-12,17,19,26H,3-5,8-9,13H2,1-2H3/t17-,19-/m0/s1. The Morgan fingerprint density at radius 2 is 1.97 bits per heavy atom. The van der Waals surface area contributed by atoms with Crippen molar-refractivity contribution in [2.24, 2.45) is 0 Å². The Balaban J connectivity index is 1.84. The molecule has 1 fully saturated rings. The van der Waals surface area contributed by atoms with Gasteiger partial charge in [0.1, 0.15) is 10.7 Å². The van der Waals surface area contributed by atoms with E-state index < -0.39 is 32.3 Å². The van der Waals surface area contributed by atoms with Crippen LogP contribution in [0.2, 0.25) is 5.02 Å². The molecule has 2 atom stereocenters. The van der Waals surface area contributed by atoms with Gasteiger partial charge in [-0.25, -0.2) is 17.8 Å². The van der Waals surface area contributed by atoms with E-state index in [4.69, 9.17) is 11.6 Å². The normalized spacial score (nSPS) is 19.8. The van der Waals surface area contributed by atoms with Crippen molar-refractivity contribution in [1.82, 2.24) is 9.88 Å². The maximum absolute atomic E-state index is 14.8. The predicted molar refractivity (Wildman–Crippen MR) is 114 cm³/mol. The second-order valence-electron chi connectivity index (χ2n) is 7.65. The van der Waals surface area contributed by atoms with Crippen LogP contribution < -0.4 is 5.32 Å². The second kappa shape index (κ2) is 9.58. The number of pyridine rings is 1. The molecule has 0 aliphatic heterocycles. The summed E-state index contributed by atoms with van der Waals surface area (Å²) in [5.41, 5.74) is 0.374. The Labute approximate surface area is 181 Å². The lowest BCUT2D eigenvalue weighted by molar-refractivity contribution is 0.185. The van der Waals surface area contributed by atoms with Gasteiger partial charge in [-0.05, 0) is 50.7 Å². The zero-order valence-electron chi connectivity index (χ0n) is 17.0. The Hall–Kier alpha value is -1.77. The van der Waals surface area contributed by atoms with Crippen LogP contribution in [-0.4, -0.2) is 44.0 Å². The number of rotatable bonds is 7. The summed E-state index contributed by atoms with van der Waals surface area (Å²) in [6, 6.07) is 6.50. The molecule has 30 heavy (non-hydrogen) atoms. The van der Waals surface area contributed by atoms with Gasteiger partial charge in [-0.2, -0.15) is 4.39 Å². The molecular formula is C21H26ClF2N3O2S. The molecule has 1 saturated carbocycles. The number of sulfone groups is 1. The molecule has 0 saturated heterocycles. The van der Waals surface area contributed by atoms with Gasteiger partial charge in [-0.3, -0.25) is 0 Å². The van der Waals surface area contributed by atoms with Crippen molar-refractivity contribution in [3.8, 4) is 0 Å². The van der Waals surface area contributed by atoms with E-state index in [2.05, 4.69) is 29.2 Å². The summed E-state index contributed by atoms with van der Waals surface area (Å²) in [6.45, 7) is 2.99. The highest BCUT2D eigenvalue weighted by atomic mass is 35.5. The summed E-state index contributed by atoms with van der Waals surface area (Å²) in [7, 11) is -2.03. The summed E-state index contributed by atoms with van der Waals surface area (Å²) < 4.78 is 53.4. The van der Waals surface area contributed by atoms with Crippen molar-refractivity contribution in [3.63, 3.8) is 0 Å². The highest BCUT2D eigenvalue weighted by Gasteiger charge is 2.29. The lowest BCUT2D eigenvalue weighted by atomic mass is 9.89. The lowest BCUT2D eigenvalue weighted by Gasteiger charge is -2.38. The smallest absolute Gasteiger partial charge is 0.213 e. The molecule has 1 heterocycles. The minimum atomic E-state index is -4.09. The fraction of sp³-hybridized carbons (Fsp3) is 0.476. The monoisotopic (exact) mass is 457 g/mol. The van der Waals surface area contributed by atoms with Gasteiger partial charge in [0, 0.05) is 12.1 Å². The molecule has 0 spiro atoms. The van der Waals surface area contributed by atoms with Crippen LogP contribution in [0.15, 0.2) is 35.2 Å². The van der Waals surface area contributed by atoms with Crippen LogP contribution in [-0.2, 0) is 15.6 Å². The Kier molecular flexibility index (Phi) is 7.31. The summed E-state index contributed by atoms with van der Waals surface area (Å²) in [6.07, 6.45) is 4.17. The highest BCUT2D eigenvalue weighted by Crippen LogP contribution is 2.33. The van der Waals surface area contributed by atoms with Crippen LogP contribution in [0.1, 0.15) is 38.3 Å². The fourth-order valence-electron chi connectivity index (χ4n) is 3.92. The molecule has 9 heteroatoms. The number of hydrogen-bond donors (Lipinski definition) is 1. The number of hydrogen-bond acceptors (Lipinski definition) is 5. The minimum absolute atomic E-state index is 0.000346. The summed E-state index contributed by atoms with van der Waals surface area (Å²) in [5, 5.41) is 3.45. The number of likely N-dealkylation sites (N-methyl/N-ethyl adjacent to an activating group) is 1. The third kappa shape index (κ3) is 5.28. The Morgan fingerprint density at radius 3 is 2.67 bits per heavy atom. The first kappa shape index (κ1) is 22.9. The molecule has 0 amide bonds. The fourth-order valence-corrected chi connectivity index (χ4v) is 5.56. The molecule has 164 valence electrons. The Bertz CT molecular complexity index is 1000. The van der Waals surface area contributed by atoms with Gasteiger partial charge in [0.25, 0.3) is 0 Å². The summed E-state index contributed by atoms with van der Waals surface area (Å²) in [5.74, 6) is -2.30. The second-order valence-corrected chi connectivity index (χ2v) is 10.0. The van der Waals surface area contributed by atoms with Crippen LogP contribution in [0, 0.1) is 11.8 Å². The molecule has 1 N–H and O–H groups in total. The maximum atomic E-state index is 14.8. The number of nitrogens with zero attached hydrogens (tertiary/aromatic N) is 2. The maximum Gasteiger partial charge on any atom is 0.213 e. The van der Waals surface area contributed by atoms with Crippen LogP contribution in [0.3, 0.4) is 0 Å². The number of aromatic nitrogens is 1. The molecule has 1 aliphatic rings. The van der Waals surface area contributed by atoms with Crippen LogP contribution >= 0.6 is 11.6 Å². The zero-order chi connectivity index (χ0) is 21.9. The average molecular weight is 458 g/mol. The van der Waals surface area contributed by atoms with E-state index in [0.29, 0.717) is 11.7 Å². The minimum Gasteiger partial charge on any atom is -0.379 e. The number of benzene rings is 1. The summed E-state index contributed by atoms with van der Waals surface area (Å²) >= 11 is 6.33. The first-order chi connectivity index (χ1) is 14.2. The van der Waals surface area contributed by atoms with E-state index in [0.717, 1.165) is 50.4 Å². The number of halogens is 3. The first-order valence-electron chi connectivity index (χ1n) is 10.0. The van der Waals surface area contributed by atoms with Gasteiger partial charge in [-0.15, -0.1) is 0 Å². The van der Waals surface area contributed by atoms with Crippen LogP contribution in [0.5, 0.6) is 0 Å². The van der Waals surface area contributed by atoms with Crippen molar-refractivity contribution < 1.29 is 17.2 Å². The van der Waals surface area contributed by atoms with E-state index in [1.54, 1.807) is 0 Å². The number of anilines is 1. The van der Waals surface area contributed by atoms with E-state index in [1.807, 2.05) is 0 Å². The molecule has 0 bridgehead atoms. The first-order valence-corrected chi connectivity index (χ1v) is 12.0. The van der Waals surface area contributed by atoms with Crippen molar-refractivity contribution in [2.45, 2.75) is 55.3 Å². The molecule has 0 radical (unpaired) electrons. The molecule has 0 unspecified atom stereocenters. The van der Waals surface area contributed by atoms with Gasteiger partial charge < -0.3 is 10.2 Å². The lowest BCUT2D eigenvalue weighted by Crippen LogP contribution is -2.47. The predicted octanol–water partition coefficient (Wildman–Crippen LogP) is 4.66. The topological polar surface area (TPSA) is 62.3 Å². The highest BCUT2D eigenvalue weighted by molar-refractivity contribution is 7.90. The molecule has 1 aromatic carbocycles. The van der Waals surface area contributed by atoms with Gasteiger partial charge in [0.2, 0.25) is 5.95 Å². The van der Waals surface area contributed by atoms with Gasteiger partial charge in [0.15, 0.2) is 9.84 Å². The van der Waals surface area contributed by atoms with Crippen LogP contribution in [0.4, 0.5) is 14.5 Å². The largest absolute Gasteiger partial charge is 0.379 e. The summed E-state index contributed by atoms with van der Waals surface area (Å²) in [4.78, 5) is 5.28. The molecule has 5 nitrogen and oxygen atoms in total. The van der Waals surface area contributed by atoms with Crippen molar-refractivity contribution in [3.05, 3.63) is 52.8 Å².